The number of rotatable bonds is 2. The highest BCUT2D eigenvalue weighted by Gasteiger charge is 2.47. The number of fused-ring (bicyclic) bond motifs is 3. The molecule has 0 nitrogen and oxygen atoms in total. The molecule has 2 aliphatic carbocycles. The zero-order valence-corrected chi connectivity index (χ0v) is 19.6. The molecule has 0 heteroatoms. The quantitative estimate of drug-likeness (QED) is 0.404. The first-order chi connectivity index (χ1) is 14.8. The molecule has 31 heavy (non-hydrogen) atoms. The lowest BCUT2D eigenvalue weighted by Gasteiger charge is -2.37. The van der Waals surface area contributed by atoms with Crippen molar-refractivity contribution >= 4 is 0 Å². The van der Waals surface area contributed by atoms with Crippen LogP contribution in [0.1, 0.15) is 59.2 Å². The maximum absolute atomic E-state index is 2.54. The van der Waals surface area contributed by atoms with Crippen molar-refractivity contribution in [3.63, 3.8) is 0 Å². The summed E-state index contributed by atoms with van der Waals surface area (Å²) in [5, 5.41) is 0. The SMILES string of the molecule is CC1=CC(C2(c3cc(C)cc(C)c3)c3cc(C)ccc3-c3ccc(C)cc32)=CC(C)C1. The van der Waals surface area contributed by atoms with Crippen molar-refractivity contribution in [2.45, 2.75) is 53.4 Å². The van der Waals surface area contributed by atoms with Crippen molar-refractivity contribution in [2.24, 2.45) is 5.92 Å². The van der Waals surface area contributed by atoms with Gasteiger partial charge in [-0.2, -0.15) is 0 Å². The van der Waals surface area contributed by atoms with E-state index in [9.17, 15) is 0 Å². The second-order valence-electron chi connectivity index (χ2n) is 10.0. The molecule has 0 saturated heterocycles. The van der Waals surface area contributed by atoms with E-state index in [4.69, 9.17) is 0 Å². The summed E-state index contributed by atoms with van der Waals surface area (Å²) in [6, 6.07) is 21.2. The third kappa shape index (κ3) is 3.04. The molecule has 3 aromatic carbocycles. The molecule has 0 heterocycles. The first kappa shape index (κ1) is 20.1. The van der Waals surface area contributed by atoms with E-state index in [2.05, 4.69) is 108 Å². The van der Waals surface area contributed by atoms with Crippen molar-refractivity contribution < 1.29 is 0 Å². The van der Waals surface area contributed by atoms with Crippen LogP contribution in [0, 0.1) is 33.6 Å². The van der Waals surface area contributed by atoms with Gasteiger partial charge in [0.2, 0.25) is 0 Å². The van der Waals surface area contributed by atoms with E-state index in [-0.39, 0.29) is 5.41 Å². The number of hydrogen-bond acceptors (Lipinski definition) is 0. The van der Waals surface area contributed by atoms with Gasteiger partial charge in [-0.25, -0.2) is 0 Å². The topological polar surface area (TPSA) is 0 Å². The Morgan fingerprint density at radius 3 is 1.74 bits per heavy atom. The molecule has 0 fully saturated rings. The van der Waals surface area contributed by atoms with Gasteiger partial charge in [-0.1, -0.05) is 101 Å². The minimum absolute atomic E-state index is 0.268. The molecule has 5 rings (SSSR count). The van der Waals surface area contributed by atoms with E-state index < -0.39 is 0 Å². The number of aryl methyl sites for hydroxylation is 4. The van der Waals surface area contributed by atoms with Gasteiger partial charge in [0.05, 0.1) is 5.41 Å². The standard InChI is InChI=1S/C31H32/c1-19-7-9-27-28-10-8-20(2)18-30(28)31(29(27)17-19,25-13-21(3)11-22(4)14-25)26-15-23(5)12-24(6)16-26/h7-11,13-18,23H,12H2,1-6H3. The number of allylic oxidation sites excluding steroid dienone is 4. The van der Waals surface area contributed by atoms with Gasteiger partial charge in [-0.05, 0) is 80.3 Å². The van der Waals surface area contributed by atoms with E-state index in [1.54, 1.807) is 0 Å². The third-order valence-corrected chi connectivity index (χ3v) is 7.05. The largest absolute Gasteiger partial charge is 0.0766 e. The van der Waals surface area contributed by atoms with Crippen LogP contribution in [0.4, 0.5) is 0 Å². The van der Waals surface area contributed by atoms with E-state index in [1.165, 1.54) is 61.2 Å². The summed E-state index contributed by atoms with van der Waals surface area (Å²) in [4.78, 5) is 0. The van der Waals surface area contributed by atoms with Crippen molar-refractivity contribution in [1.29, 1.82) is 0 Å². The van der Waals surface area contributed by atoms with E-state index in [0.717, 1.165) is 6.42 Å². The minimum atomic E-state index is -0.268. The molecule has 0 N–H and O–H groups in total. The van der Waals surface area contributed by atoms with Gasteiger partial charge in [-0.3, -0.25) is 0 Å². The predicted molar refractivity (Wildman–Crippen MR) is 133 cm³/mol. The van der Waals surface area contributed by atoms with E-state index >= 15 is 0 Å². The summed E-state index contributed by atoms with van der Waals surface area (Å²) < 4.78 is 0. The zero-order valence-electron chi connectivity index (χ0n) is 19.6. The zero-order chi connectivity index (χ0) is 21.9. The van der Waals surface area contributed by atoms with Crippen LogP contribution in [0.3, 0.4) is 0 Å². The molecule has 0 bridgehead atoms. The second-order valence-corrected chi connectivity index (χ2v) is 10.0. The van der Waals surface area contributed by atoms with Crippen LogP contribution in [0.5, 0.6) is 0 Å². The Morgan fingerprint density at radius 2 is 1.23 bits per heavy atom. The van der Waals surface area contributed by atoms with Crippen LogP contribution in [-0.2, 0) is 5.41 Å². The average Bonchev–Trinajstić information content (AvgIpc) is 2.96. The van der Waals surface area contributed by atoms with Crippen molar-refractivity contribution in [2.75, 3.05) is 0 Å². The van der Waals surface area contributed by atoms with Crippen LogP contribution in [0.2, 0.25) is 0 Å². The molecular weight excluding hydrogens is 372 g/mol. The smallest absolute Gasteiger partial charge is 0.0710 e. The fourth-order valence-electron chi connectivity index (χ4n) is 6.01. The molecule has 0 aliphatic heterocycles. The van der Waals surface area contributed by atoms with Crippen LogP contribution in [0.25, 0.3) is 11.1 Å². The Balaban J connectivity index is 1.99. The molecular formula is C31H32. The molecule has 0 aromatic heterocycles. The Bertz CT molecular complexity index is 1190. The Kier molecular flexibility index (Phi) is 4.59. The van der Waals surface area contributed by atoms with Gasteiger partial charge < -0.3 is 0 Å². The third-order valence-electron chi connectivity index (χ3n) is 7.05. The van der Waals surface area contributed by atoms with Gasteiger partial charge >= 0.3 is 0 Å². The highest BCUT2D eigenvalue weighted by molar-refractivity contribution is 5.87. The van der Waals surface area contributed by atoms with Crippen LogP contribution in [-0.4, -0.2) is 0 Å². The Hall–Kier alpha value is -2.86. The van der Waals surface area contributed by atoms with Crippen LogP contribution >= 0.6 is 0 Å². The molecule has 0 amide bonds. The summed E-state index contributed by atoms with van der Waals surface area (Å²) in [6.45, 7) is 13.6. The maximum Gasteiger partial charge on any atom is 0.0710 e. The summed E-state index contributed by atoms with van der Waals surface area (Å²) in [5.41, 5.74) is 15.0. The summed E-state index contributed by atoms with van der Waals surface area (Å²) in [7, 11) is 0. The fourth-order valence-corrected chi connectivity index (χ4v) is 6.01. The molecule has 1 unspecified atom stereocenters. The van der Waals surface area contributed by atoms with Crippen molar-refractivity contribution in [3.8, 4) is 11.1 Å². The second kappa shape index (κ2) is 7.09. The molecule has 0 spiro atoms. The highest BCUT2D eigenvalue weighted by atomic mass is 14.5. The monoisotopic (exact) mass is 404 g/mol. The molecule has 2 aliphatic rings. The van der Waals surface area contributed by atoms with Gasteiger partial charge in [0.1, 0.15) is 0 Å². The average molecular weight is 405 g/mol. The van der Waals surface area contributed by atoms with Gasteiger partial charge in [0, 0.05) is 0 Å². The summed E-state index contributed by atoms with van der Waals surface area (Å²) in [6.07, 6.45) is 6.16. The van der Waals surface area contributed by atoms with E-state index in [1.807, 2.05) is 0 Å². The van der Waals surface area contributed by atoms with Crippen molar-refractivity contribution in [3.05, 3.63) is 117 Å². The number of benzene rings is 3. The molecule has 156 valence electrons. The molecule has 1 atom stereocenters. The van der Waals surface area contributed by atoms with Gasteiger partial charge in [0.15, 0.2) is 0 Å². The lowest BCUT2D eigenvalue weighted by molar-refractivity contribution is 0.662. The lowest BCUT2D eigenvalue weighted by atomic mass is 9.64. The van der Waals surface area contributed by atoms with Crippen LogP contribution < -0.4 is 0 Å². The summed E-state index contributed by atoms with van der Waals surface area (Å²) in [5.74, 6) is 0.546. The van der Waals surface area contributed by atoms with E-state index in [0.29, 0.717) is 5.92 Å². The van der Waals surface area contributed by atoms with Crippen LogP contribution in [0.15, 0.2) is 77.9 Å². The first-order valence-electron chi connectivity index (χ1n) is 11.5. The van der Waals surface area contributed by atoms with Gasteiger partial charge in [0.25, 0.3) is 0 Å². The highest BCUT2D eigenvalue weighted by Crippen LogP contribution is 2.58. The molecule has 3 aromatic rings. The normalized spacial score (nSPS) is 18.8. The van der Waals surface area contributed by atoms with Crippen molar-refractivity contribution in [1.82, 2.24) is 0 Å². The molecule has 0 saturated carbocycles. The summed E-state index contributed by atoms with van der Waals surface area (Å²) >= 11 is 0. The predicted octanol–water partition coefficient (Wildman–Crippen LogP) is 8.15. The Labute approximate surface area is 187 Å². The first-order valence-corrected chi connectivity index (χ1v) is 11.5. The fraction of sp³-hybridized carbons (Fsp3) is 0.290. The maximum atomic E-state index is 2.54. The minimum Gasteiger partial charge on any atom is -0.0766 e. The van der Waals surface area contributed by atoms with Gasteiger partial charge in [-0.15, -0.1) is 0 Å². The molecule has 0 radical (unpaired) electrons. The number of hydrogen-bond donors (Lipinski definition) is 0. The Morgan fingerprint density at radius 1 is 0.677 bits per heavy atom. The lowest BCUT2D eigenvalue weighted by Crippen LogP contribution is -2.31.